The molecule has 1 aliphatic rings. The van der Waals surface area contributed by atoms with Crippen LogP contribution < -0.4 is 15.8 Å². The number of fused-ring (bicyclic) bond motifs is 1. The number of nitrogens with two attached hydrogens (primary N) is 1. The van der Waals surface area contributed by atoms with Gasteiger partial charge in [-0.1, -0.05) is 12.8 Å². The Morgan fingerprint density at radius 1 is 1.45 bits per heavy atom. The van der Waals surface area contributed by atoms with E-state index < -0.39 is 0 Å². The van der Waals surface area contributed by atoms with Crippen molar-refractivity contribution in [1.82, 2.24) is 14.9 Å². The number of rotatable bonds is 4. The molecule has 0 atom stereocenters. The zero-order valence-corrected chi connectivity index (χ0v) is 13.2. The zero-order valence-electron chi connectivity index (χ0n) is 13.2. The van der Waals surface area contributed by atoms with Gasteiger partial charge >= 0.3 is 0 Å². The number of aryl methyl sites for hydroxylation is 1. The van der Waals surface area contributed by atoms with Crippen molar-refractivity contribution in [3.63, 3.8) is 0 Å². The Morgan fingerprint density at radius 3 is 2.95 bits per heavy atom. The van der Waals surface area contributed by atoms with Gasteiger partial charge in [0.05, 0.1) is 18.1 Å². The molecule has 1 aromatic heterocycles. The zero-order chi connectivity index (χ0) is 15.5. The average Bonchev–Trinajstić information content (AvgIpc) is 3.13. The van der Waals surface area contributed by atoms with Crippen LogP contribution in [-0.4, -0.2) is 28.7 Å². The second kappa shape index (κ2) is 6.25. The number of guanidine groups is 1. The van der Waals surface area contributed by atoms with E-state index in [0.29, 0.717) is 18.5 Å². The maximum Gasteiger partial charge on any atom is 0.189 e. The van der Waals surface area contributed by atoms with Crippen LogP contribution in [0.3, 0.4) is 0 Å². The smallest absolute Gasteiger partial charge is 0.189 e. The monoisotopic (exact) mass is 301 g/mol. The van der Waals surface area contributed by atoms with Crippen molar-refractivity contribution < 1.29 is 4.74 Å². The van der Waals surface area contributed by atoms with Crippen molar-refractivity contribution in [3.05, 3.63) is 24.0 Å². The molecule has 0 saturated heterocycles. The Labute approximate surface area is 130 Å². The first-order chi connectivity index (χ1) is 10.7. The van der Waals surface area contributed by atoms with Gasteiger partial charge in [-0.2, -0.15) is 0 Å². The lowest BCUT2D eigenvalue weighted by molar-refractivity contribution is 0.415. The summed E-state index contributed by atoms with van der Waals surface area (Å²) in [6, 6.07) is 6.36. The number of nitrogens with zero attached hydrogens (tertiary/aromatic N) is 3. The highest BCUT2D eigenvalue weighted by atomic mass is 16.5. The molecule has 6 nitrogen and oxygen atoms in total. The van der Waals surface area contributed by atoms with Crippen molar-refractivity contribution >= 4 is 17.0 Å². The van der Waals surface area contributed by atoms with E-state index in [0.717, 1.165) is 22.6 Å². The lowest BCUT2D eigenvalue weighted by atomic mass is 10.2. The number of nitrogens with one attached hydrogen (secondary N) is 1. The summed E-state index contributed by atoms with van der Waals surface area (Å²) in [6.07, 6.45) is 4.92. The normalized spacial score (nSPS) is 16.4. The minimum atomic E-state index is 0.471. The van der Waals surface area contributed by atoms with Crippen LogP contribution in [0.2, 0.25) is 0 Å². The van der Waals surface area contributed by atoms with E-state index in [9.17, 15) is 0 Å². The van der Waals surface area contributed by atoms with E-state index in [1.165, 1.54) is 25.7 Å². The highest BCUT2D eigenvalue weighted by Gasteiger charge is 2.15. The van der Waals surface area contributed by atoms with Gasteiger partial charge in [0.2, 0.25) is 0 Å². The predicted octanol–water partition coefficient (Wildman–Crippen LogP) is 1.93. The van der Waals surface area contributed by atoms with Crippen LogP contribution in [0.1, 0.15) is 31.5 Å². The van der Waals surface area contributed by atoms with Gasteiger partial charge in [-0.05, 0) is 25.0 Å². The van der Waals surface area contributed by atoms with Gasteiger partial charge in [-0.3, -0.25) is 0 Å². The third-order valence-electron chi connectivity index (χ3n) is 4.28. The van der Waals surface area contributed by atoms with Crippen LogP contribution in [0, 0.1) is 0 Å². The Kier molecular flexibility index (Phi) is 4.18. The fourth-order valence-corrected chi connectivity index (χ4v) is 2.98. The molecule has 1 aromatic carbocycles. The van der Waals surface area contributed by atoms with Gasteiger partial charge in [0, 0.05) is 19.2 Å². The van der Waals surface area contributed by atoms with E-state index in [1.807, 2.05) is 29.8 Å². The van der Waals surface area contributed by atoms with Crippen molar-refractivity contribution in [2.45, 2.75) is 38.3 Å². The van der Waals surface area contributed by atoms with Gasteiger partial charge in [0.15, 0.2) is 5.96 Å². The number of hydrogen-bond acceptors (Lipinski definition) is 3. The maximum absolute atomic E-state index is 5.97. The molecule has 0 radical (unpaired) electrons. The second-order valence-corrected chi connectivity index (χ2v) is 5.77. The third kappa shape index (κ3) is 3.00. The standard InChI is InChI=1S/C16H23N5O/c1-21-14-8-7-12(22-2)9-13(14)20-15(21)10-18-16(17)19-11-5-3-4-6-11/h7-9,11H,3-6,10H2,1-2H3,(H3,17,18,19). The molecule has 0 bridgehead atoms. The van der Waals surface area contributed by atoms with Gasteiger partial charge in [0.1, 0.15) is 18.1 Å². The van der Waals surface area contributed by atoms with E-state index in [-0.39, 0.29) is 0 Å². The quantitative estimate of drug-likeness (QED) is 0.668. The van der Waals surface area contributed by atoms with Crippen molar-refractivity contribution in [1.29, 1.82) is 0 Å². The molecular weight excluding hydrogens is 278 g/mol. The number of methoxy groups -OCH3 is 1. The molecule has 0 unspecified atom stereocenters. The summed E-state index contributed by atoms with van der Waals surface area (Å²) in [5, 5.41) is 3.29. The van der Waals surface area contributed by atoms with E-state index in [1.54, 1.807) is 7.11 Å². The fraction of sp³-hybridized carbons (Fsp3) is 0.500. The average molecular weight is 301 g/mol. The van der Waals surface area contributed by atoms with Crippen molar-refractivity contribution in [2.24, 2.45) is 17.8 Å². The summed E-state index contributed by atoms with van der Waals surface area (Å²) in [5.74, 6) is 2.21. The van der Waals surface area contributed by atoms with Crippen molar-refractivity contribution in [2.75, 3.05) is 7.11 Å². The molecule has 3 N–H and O–H groups in total. The number of benzene rings is 1. The highest BCUT2D eigenvalue weighted by molar-refractivity contribution is 5.79. The van der Waals surface area contributed by atoms with Gasteiger partial charge < -0.3 is 20.4 Å². The summed E-state index contributed by atoms with van der Waals surface area (Å²) in [4.78, 5) is 9.04. The van der Waals surface area contributed by atoms with Gasteiger partial charge in [-0.25, -0.2) is 9.98 Å². The fourth-order valence-electron chi connectivity index (χ4n) is 2.98. The lowest BCUT2D eigenvalue weighted by Crippen LogP contribution is -2.38. The number of ether oxygens (including phenoxy) is 1. The number of aliphatic imine (C=N–C) groups is 1. The first kappa shape index (κ1) is 14.7. The Bertz CT molecular complexity index is 685. The summed E-state index contributed by atoms with van der Waals surface area (Å²) < 4.78 is 7.28. The Hall–Kier alpha value is -2.24. The summed E-state index contributed by atoms with van der Waals surface area (Å²) in [6.45, 7) is 0.471. The molecule has 2 aromatic rings. The Morgan fingerprint density at radius 2 is 2.23 bits per heavy atom. The van der Waals surface area contributed by atoms with E-state index in [2.05, 4.69) is 15.3 Å². The number of aromatic nitrogens is 2. The molecule has 1 aliphatic carbocycles. The summed E-state index contributed by atoms with van der Waals surface area (Å²) in [7, 11) is 3.65. The molecule has 0 aliphatic heterocycles. The molecule has 0 amide bonds. The largest absolute Gasteiger partial charge is 0.497 e. The number of hydrogen-bond donors (Lipinski definition) is 2. The third-order valence-corrected chi connectivity index (χ3v) is 4.28. The van der Waals surface area contributed by atoms with Gasteiger partial charge in [-0.15, -0.1) is 0 Å². The second-order valence-electron chi connectivity index (χ2n) is 5.77. The minimum Gasteiger partial charge on any atom is -0.497 e. The van der Waals surface area contributed by atoms with Crippen LogP contribution in [-0.2, 0) is 13.6 Å². The van der Waals surface area contributed by atoms with Crippen molar-refractivity contribution in [3.8, 4) is 5.75 Å². The van der Waals surface area contributed by atoms with E-state index in [4.69, 9.17) is 10.5 Å². The molecule has 22 heavy (non-hydrogen) atoms. The summed E-state index contributed by atoms with van der Waals surface area (Å²) in [5.41, 5.74) is 7.95. The first-order valence-electron chi connectivity index (χ1n) is 7.73. The minimum absolute atomic E-state index is 0.471. The predicted molar refractivity (Wildman–Crippen MR) is 88.0 cm³/mol. The van der Waals surface area contributed by atoms with Crippen LogP contribution in [0.4, 0.5) is 0 Å². The molecule has 1 saturated carbocycles. The molecule has 0 spiro atoms. The highest BCUT2D eigenvalue weighted by Crippen LogP contribution is 2.21. The molecular formula is C16H23N5O. The summed E-state index contributed by atoms with van der Waals surface area (Å²) >= 11 is 0. The molecule has 1 heterocycles. The molecule has 1 fully saturated rings. The van der Waals surface area contributed by atoms with Crippen LogP contribution >= 0.6 is 0 Å². The maximum atomic E-state index is 5.97. The van der Waals surface area contributed by atoms with Gasteiger partial charge in [0.25, 0.3) is 0 Å². The molecule has 118 valence electrons. The lowest BCUT2D eigenvalue weighted by Gasteiger charge is -2.12. The topological polar surface area (TPSA) is 77.5 Å². The van der Waals surface area contributed by atoms with Crippen LogP contribution in [0.25, 0.3) is 11.0 Å². The molecule has 6 heteroatoms. The Balaban J connectivity index is 1.74. The first-order valence-corrected chi connectivity index (χ1v) is 7.73. The van der Waals surface area contributed by atoms with Crippen LogP contribution in [0.5, 0.6) is 5.75 Å². The van der Waals surface area contributed by atoms with E-state index >= 15 is 0 Å². The molecule has 3 rings (SSSR count). The van der Waals surface area contributed by atoms with Crippen LogP contribution in [0.15, 0.2) is 23.2 Å². The number of imidazole rings is 1. The SMILES string of the molecule is COc1ccc2c(c1)nc(CN=C(N)NC1CCCC1)n2C.